The molecule has 284 valence electrons. The maximum absolute atomic E-state index is 14.3. The molecule has 12 nitrogen and oxygen atoms in total. The van der Waals surface area contributed by atoms with E-state index in [4.69, 9.17) is 19.2 Å². The molecule has 3 atom stereocenters. The van der Waals surface area contributed by atoms with Gasteiger partial charge in [-0.05, 0) is 75.3 Å². The lowest BCUT2D eigenvalue weighted by atomic mass is 9.99. The van der Waals surface area contributed by atoms with Gasteiger partial charge in [0, 0.05) is 47.6 Å². The molecule has 1 saturated heterocycles. The van der Waals surface area contributed by atoms with Gasteiger partial charge in [0.15, 0.2) is 5.75 Å². The van der Waals surface area contributed by atoms with Gasteiger partial charge in [-0.2, -0.15) is 10.1 Å². The van der Waals surface area contributed by atoms with Crippen LogP contribution >= 0.6 is 0 Å². The summed E-state index contributed by atoms with van der Waals surface area (Å²) in [6, 6.07) is 9.97. The zero-order valence-corrected chi connectivity index (χ0v) is 32.0. The third kappa shape index (κ3) is 8.52. The third-order valence-electron chi connectivity index (χ3n) is 9.87. The van der Waals surface area contributed by atoms with Crippen LogP contribution in [-0.4, -0.2) is 78.4 Å². The standard InChI is InChI=1S/C41H49FN8O4/c1-8-29-17-32-20-43-41(54-23-27(6)52-7)45-37(32)39(34(29)18-31-21-44-46-35(31)19-33(42)9-2)53-24-28-12-14-30(15-13-28)36-22-50(48-47-36)38(25(3)4)40(51)49-16-10-11-26(49)5/h9,12-15,17-22,25-27,38,46H,8,10-11,16,23-24H2,1-7H3/b31-18+,33-9-,35-19+/t26?,27-,38?/m0/s1. The molecule has 1 fully saturated rings. The summed E-state index contributed by atoms with van der Waals surface area (Å²) >= 11 is 0. The molecule has 1 N–H and O–H groups in total. The molecule has 3 aromatic heterocycles. The zero-order chi connectivity index (χ0) is 38.4. The van der Waals surface area contributed by atoms with E-state index in [0.717, 1.165) is 47.0 Å². The summed E-state index contributed by atoms with van der Waals surface area (Å²) in [6.45, 7) is 13.1. The number of rotatable bonds is 14. The molecule has 5 aromatic rings. The second-order valence-corrected chi connectivity index (χ2v) is 14.1. The summed E-state index contributed by atoms with van der Waals surface area (Å²) in [5.74, 6) is 0.308. The van der Waals surface area contributed by atoms with Crippen LogP contribution < -0.4 is 20.0 Å². The van der Waals surface area contributed by atoms with E-state index in [1.165, 1.54) is 12.2 Å². The van der Waals surface area contributed by atoms with Gasteiger partial charge in [0.05, 0.1) is 23.8 Å². The van der Waals surface area contributed by atoms with E-state index in [-0.39, 0.29) is 49.0 Å². The van der Waals surface area contributed by atoms with Crippen molar-refractivity contribution >= 4 is 29.0 Å². The van der Waals surface area contributed by atoms with Crippen LogP contribution in [0.15, 0.2) is 60.8 Å². The van der Waals surface area contributed by atoms with E-state index in [9.17, 15) is 9.18 Å². The number of nitrogens with one attached hydrogen (secondary N) is 1. The summed E-state index contributed by atoms with van der Waals surface area (Å²) in [5, 5.41) is 17.9. The summed E-state index contributed by atoms with van der Waals surface area (Å²) < 4.78 is 33.9. The number of hydrogen-bond donors (Lipinski definition) is 1. The number of aromatic amines is 1. The Labute approximate surface area is 314 Å². The largest absolute Gasteiger partial charge is 0.486 e. The molecular formula is C41H49FN8O4. The van der Waals surface area contributed by atoms with Crippen molar-refractivity contribution in [3.63, 3.8) is 0 Å². The third-order valence-corrected chi connectivity index (χ3v) is 9.87. The number of amides is 1. The van der Waals surface area contributed by atoms with E-state index in [1.54, 1.807) is 31.1 Å². The van der Waals surface area contributed by atoms with Gasteiger partial charge in [-0.1, -0.05) is 56.3 Å². The molecule has 0 spiro atoms. The Balaban J connectivity index is 1.32. The molecule has 0 saturated carbocycles. The fourth-order valence-corrected chi connectivity index (χ4v) is 6.65. The summed E-state index contributed by atoms with van der Waals surface area (Å²) in [5.41, 5.74) is 4.84. The molecule has 13 heteroatoms. The lowest BCUT2D eigenvalue weighted by molar-refractivity contribution is -0.137. The number of likely N-dealkylation sites (tertiary alicyclic amines) is 1. The molecule has 1 aliphatic rings. The summed E-state index contributed by atoms with van der Waals surface area (Å²) in [7, 11) is 1.62. The van der Waals surface area contributed by atoms with Crippen molar-refractivity contribution in [2.45, 2.75) is 85.6 Å². The van der Waals surface area contributed by atoms with E-state index >= 15 is 0 Å². The van der Waals surface area contributed by atoms with Crippen LogP contribution in [0.1, 0.15) is 77.1 Å². The lowest BCUT2D eigenvalue weighted by Gasteiger charge is -2.28. The van der Waals surface area contributed by atoms with Crippen LogP contribution in [0, 0.1) is 5.92 Å². The highest BCUT2D eigenvalue weighted by molar-refractivity contribution is 5.90. The van der Waals surface area contributed by atoms with Crippen LogP contribution in [0.4, 0.5) is 4.39 Å². The molecule has 2 aromatic carbocycles. The molecule has 54 heavy (non-hydrogen) atoms. The molecule has 0 aliphatic carbocycles. The molecular weight excluding hydrogens is 688 g/mol. The topological polar surface area (TPSA) is 133 Å². The first kappa shape index (κ1) is 38.3. The van der Waals surface area contributed by atoms with Gasteiger partial charge in [-0.15, -0.1) is 5.10 Å². The Bertz CT molecular complexity index is 2230. The van der Waals surface area contributed by atoms with Gasteiger partial charge in [0.25, 0.3) is 0 Å². The molecule has 4 heterocycles. The molecule has 0 radical (unpaired) electrons. The van der Waals surface area contributed by atoms with Crippen molar-refractivity contribution in [1.29, 1.82) is 0 Å². The number of halogens is 1. The summed E-state index contributed by atoms with van der Waals surface area (Å²) in [6.07, 6.45) is 12.6. The molecule has 1 amide bonds. The number of methoxy groups -OCH3 is 1. The van der Waals surface area contributed by atoms with Crippen molar-refractivity contribution in [2.75, 3.05) is 20.3 Å². The Hall–Kier alpha value is -5.43. The van der Waals surface area contributed by atoms with E-state index in [0.29, 0.717) is 33.9 Å². The van der Waals surface area contributed by atoms with Crippen LogP contribution in [0.2, 0.25) is 0 Å². The normalized spacial score (nSPS) is 16.8. The molecule has 0 bridgehead atoms. The Morgan fingerprint density at radius 1 is 1.15 bits per heavy atom. The first-order valence-electron chi connectivity index (χ1n) is 18.6. The number of H-pyrrole nitrogens is 1. The van der Waals surface area contributed by atoms with E-state index in [2.05, 4.69) is 39.3 Å². The number of fused-ring (bicyclic) bond motifs is 1. The average Bonchev–Trinajstić information content (AvgIpc) is 3.95. The molecule has 2 unspecified atom stereocenters. The van der Waals surface area contributed by atoms with Gasteiger partial charge < -0.3 is 19.1 Å². The maximum Gasteiger partial charge on any atom is 0.317 e. The smallest absolute Gasteiger partial charge is 0.317 e. The van der Waals surface area contributed by atoms with Gasteiger partial charge in [-0.3, -0.25) is 9.89 Å². The van der Waals surface area contributed by atoms with Gasteiger partial charge in [0.2, 0.25) is 5.91 Å². The fourth-order valence-electron chi connectivity index (χ4n) is 6.65. The van der Waals surface area contributed by atoms with E-state index < -0.39 is 6.04 Å². The maximum atomic E-state index is 14.3. The molecule has 6 rings (SSSR count). The predicted octanol–water partition coefficient (Wildman–Crippen LogP) is 5.86. The fraction of sp³-hybridized carbons (Fsp3) is 0.415. The van der Waals surface area contributed by atoms with Crippen molar-refractivity contribution in [2.24, 2.45) is 5.92 Å². The number of aryl methyl sites for hydroxylation is 1. The minimum Gasteiger partial charge on any atom is -0.486 e. The van der Waals surface area contributed by atoms with Crippen molar-refractivity contribution in [1.82, 2.24) is 40.1 Å². The van der Waals surface area contributed by atoms with Crippen LogP contribution in [0.3, 0.4) is 0 Å². The summed E-state index contributed by atoms with van der Waals surface area (Å²) in [4.78, 5) is 24.8. The number of benzene rings is 2. The minimum absolute atomic E-state index is 0.0539. The Morgan fingerprint density at radius 2 is 1.94 bits per heavy atom. The minimum atomic E-state index is -0.421. The van der Waals surface area contributed by atoms with Crippen molar-refractivity contribution < 1.29 is 23.4 Å². The van der Waals surface area contributed by atoms with Crippen LogP contribution in [-0.2, 0) is 22.6 Å². The highest BCUT2D eigenvalue weighted by Crippen LogP contribution is 2.34. The number of nitrogens with zero attached hydrogens (tertiary/aromatic N) is 7. The lowest BCUT2D eigenvalue weighted by Crippen LogP contribution is -2.41. The van der Waals surface area contributed by atoms with Gasteiger partial charge >= 0.3 is 6.01 Å². The number of hydrogen-bond acceptors (Lipinski definition) is 9. The highest BCUT2D eigenvalue weighted by Gasteiger charge is 2.34. The molecule has 1 aliphatic heterocycles. The predicted molar refractivity (Wildman–Crippen MR) is 206 cm³/mol. The zero-order valence-electron chi connectivity index (χ0n) is 32.0. The van der Waals surface area contributed by atoms with Gasteiger partial charge in [-0.25, -0.2) is 14.1 Å². The van der Waals surface area contributed by atoms with Gasteiger partial charge in [0.1, 0.15) is 36.3 Å². The highest BCUT2D eigenvalue weighted by atomic mass is 19.1. The van der Waals surface area contributed by atoms with E-state index in [1.807, 2.05) is 68.3 Å². The number of ether oxygens (including phenoxy) is 3. The van der Waals surface area contributed by atoms with Crippen molar-refractivity contribution in [3.8, 4) is 23.0 Å². The first-order valence-corrected chi connectivity index (χ1v) is 18.6. The number of allylic oxidation sites excluding steroid dienone is 2. The Kier molecular flexibility index (Phi) is 12.2. The quantitative estimate of drug-likeness (QED) is 0.149. The van der Waals surface area contributed by atoms with Crippen molar-refractivity contribution in [3.05, 3.63) is 88.1 Å². The van der Waals surface area contributed by atoms with Crippen LogP contribution in [0.5, 0.6) is 11.8 Å². The second kappa shape index (κ2) is 17.1. The first-order chi connectivity index (χ1) is 26.1. The number of carbonyl (C=O) groups excluding carboxylic acids is 1. The average molecular weight is 737 g/mol. The van der Waals surface area contributed by atoms with Crippen LogP contribution in [0.25, 0.3) is 34.3 Å². The number of carbonyl (C=O) groups is 1. The monoisotopic (exact) mass is 736 g/mol. The second-order valence-electron chi connectivity index (χ2n) is 14.1. The number of aromatic nitrogens is 7. The Morgan fingerprint density at radius 3 is 2.63 bits per heavy atom. The SMILES string of the molecule is C/C=C(F)/C=c1/[nH]nc/c1=C\c1c(CC)cc2cnc(OC[C@H](C)OC)nc2c1OCc1ccc(-c2cn(C(C(=O)N3CCCC3C)C(C)C)nn2)cc1.